The van der Waals surface area contributed by atoms with Crippen LogP contribution in [-0.4, -0.2) is 30.6 Å². The Labute approximate surface area is 118 Å². The van der Waals surface area contributed by atoms with Gasteiger partial charge in [-0.05, 0) is 23.6 Å². The number of aliphatic carboxylic acids is 1. The lowest BCUT2D eigenvalue weighted by molar-refractivity contribution is -0.142. The van der Waals surface area contributed by atoms with Crippen LogP contribution < -0.4 is 5.32 Å². The van der Waals surface area contributed by atoms with Crippen LogP contribution in [0.4, 0.5) is 0 Å². The first-order valence-corrected chi connectivity index (χ1v) is 6.54. The van der Waals surface area contributed by atoms with Gasteiger partial charge in [0.15, 0.2) is 0 Å². The minimum Gasteiger partial charge on any atom is -0.481 e. The smallest absolute Gasteiger partial charge is 0.308 e. The summed E-state index contributed by atoms with van der Waals surface area (Å²) in [6.45, 7) is 4.27. The van der Waals surface area contributed by atoms with Gasteiger partial charge in [0.25, 0.3) is 5.91 Å². The van der Waals surface area contributed by atoms with E-state index in [4.69, 9.17) is 9.84 Å². The average molecular weight is 279 g/mol. The third kappa shape index (κ3) is 4.66. The number of rotatable bonds is 7. The summed E-state index contributed by atoms with van der Waals surface area (Å²) in [4.78, 5) is 23.0. The molecule has 0 spiro atoms. The van der Waals surface area contributed by atoms with Crippen LogP contribution in [0.1, 0.15) is 29.8 Å². The molecule has 20 heavy (non-hydrogen) atoms. The molecule has 1 aromatic carbocycles. The maximum atomic E-state index is 11.9. The van der Waals surface area contributed by atoms with E-state index in [1.54, 1.807) is 19.2 Å². The van der Waals surface area contributed by atoms with E-state index < -0.39 is 11.9 Å². The topological polar surface area (TPSA) is 75.6 Å². The summed E-state index contributed by atoms with van der Waals surface area (Å²) in [6.07, 6.45) is 0. The Hall–Kier alpha value is -1.88. The van der Waals surface area contributed by atoms with Crippen LogP contribution in [-0.2, 0) is 16.1 Å². The molecule has 0 saturated heterocycles. The van der Waals surface area contributed by atoms with Crippen LogP contribution in [0.25, 0.3) is 0 Å². The fraction of sp³-hybridized carbons (Fsp3) is 0.467. The number of benzene rings is 1. The second kappa shape index (κ2) is 7.65. The molecule has 0 heterocycles. The summed E-state index contributed by atoms with van der Waals surface area (Å²) in [6, 6.07) is 7.04. The molecule has 0 aromatic heterocycles. The molecule has 1 unspecified atom stereocenters. The lowest BCUT2D eigenvalue weighted by Crippen LogP contribution is -2.35. The quantitative estimate of drug-likeness (QED) is 0.799. The van der Waals surface area contributed by atoms with Gasteiger partial charge in [-0.15, -0.1) is 0 Å². The van der Waals surface area contributed by atoms with E-state index in [9.17, 15) is 9.59 Å². The Balaban J connectivity index is 2.60. The van der Waals surface area contributed by atoms with Gasteiger partial charge in [0.05, 0.1) is 12.5 Å². The van der Waals surface area contributed by atoms with Crippen molar-refractivity contribution >= 4 is 11.9 Å². The molecule has 0 saturated carbocycles. The highest BCUT2D eigenvalue weighted by Gasteiger charge is 2.22. The number of carboxylic acid groups (broad SMARTS) is 1. The second-order valence-corrected chi connectivity index (χ2v) is 5.03. The van der Waals surface area contributed by atoms with Crippen molar-refractivity contribution in [2.75, 3.05) is 13.7 Å². The SMILES string of the molecule is COCc1ccc(C(=O)NCC(C(=O)O)C(C)C)cc1. The molecule has 0 radical (unpaired) electrons. The molecule has 5 heteroatoms. The Bertz CT molecular complexity index is 453. The number of ether oxygens (including phenoxy) is 1. The van der Waals surface area contributed by atoms with Crippen molar-refractivity contribution in [1.82, 2.24) is 5.32 Å². The Kier molecular flexibility index (Phi) is 6.18. The van der Waals surface area contributed by atoms with Crippen molar-refractivity contribution in [3.05, 3.63) is 35.4 Å². The van der Waals surface area contributed by atoms with Crippen LogP contribution in [0.5, 0.6) is 0 Å². The van der Waals surface area contributed by atoms with Crippen LogP contribution >= 0.6 is 0 Å². The fourth-order valence-electron chi connectivity index (χ4n) is 1.83. The van der Waals surface area contributed by atoms with Crippen LogP contribution in [0, 0.1) is 11.8 Å². The minimum absolute atomic E-state index is 0.0307. The lowest BCUT2D eigenvalue weighted by Gasteiger charge is -2.16. The molecule has 0 bridgehead atoms. The molecule has 0 fully saturated rings. The van der Waals surface area contributed by atoms with Gasteiger partial charge in [0.2, 0.25) is 0 Å². The van der Waals surface area contributed by atoms with Gasteiger partial charge in [-0.2, -0.15) is 0 Å². The van der Waals surface area contributed by atoms with E-state index in [0.717, 1.165) is 5.56 Å². The number of methoxy groups -OCH3 is 1. The third-order valence-corrected chi connectivity index (χ3v) is 3.13. The van der Waals surface area contributed by atoms with E-state index >= 15 is 0 Å². The van der Waals surface area contributed by atoms with Crippen LogP contribution in [0.3, 0.4) is 0 Å². The number of amides is 1. The Morgan fingerprint density at radius 2 is 1.85 bits per heavy atom. The molecular weight excluding hydrogens is 258 g/mol. The summed E-state index contributed by atoms with van der Waals surface area (Å²) in [5, 5.41) is 11.7. The van der Waals surface area contributed by atoms with E-state index in [2.05, 4.69) is 5.32 Å². The predicted molar refractivity (Wildman–Crippen MR) is 75.5 cm³/mol. The van der Waals surface area contributed by atoms with Gasteiger partial charge in [0.1, 0.15) is 0 Å². The highest BCUT2D eigenvalue weighted by molar-refractivity contribution is 5.94. The van der Waals surface area contributed by atoms with Crippen molar-refractivity contribution in [2.45, 2.75) is 20.5 Å². The average Bonchev–Trinajstić information content (AvgIpc) is 2.39. The van der Waals surface area contributed by atoms with E-state index in [1.165, 1.54) is 0 Å². The van der Waals surface area contributed by atoms with Gasteiger partial charge in [-0.3, -0.25) is 9.59 Å². The lowest BCUT2D eigenvalue weighted by atomic mass is 9.96. The Morgan fingerprint density at radius 1 is 1.25 bits per heavy atom. The molecule has 1 rings (SSSR count). The number of hydrogen-bond acceptors (Lipinski definition) is 3. The van der Waals surface area contributed by atoms with Gasteiger partial charge < -0.3 is 15.2 Å². The largest absolute Gasteiger partial charge is 0.481 e. The van der Waals surface area contributed by atoms with E-state index in [1.807, 2.05) is 26.0 Å². The number of carbonyl (C=O) groups is 2. The zero-order chi connectivity index (χ0) is 15.1. The highest BCUT2D eigenvalue weighted by Crippen LogP contribution is 2.10. The molecule has 1 amide bonds. The van der Waals surface area contributed by atoms with Crippen molar-refractivity contribution in [1.29, 1.82) is 0 Å². The van der Waals surface area contributed by atoms with E-state index in [0.29, 0.717) is 12.2 Å². The zero-order valence-corrected chi connectivity index (χ0v) is 12.1. The first-order valence-electron chi connectivity index (χ1n) is 6.54. The summed E-state index contributed by atoms with van der Waals surface area (Å²) in [5.41, 5.74) is 1.49. The Morgan fingerprint density at radius 3 is 2.30 bits per heavy atom. The van der Waals surface area contributed by atoms with Gasteiger partial charge in [-0.1, -0.05) is 26.0 Å². The summed E-state index contributed by atoms with van der Waals surface area (Å²) in [5.74, 6) is -1.76. The van der Waals surface area contributed by atoms with Crippen molar-refractivity contribution in [3.8, 4) is 0 Å². The summed E-state index contributed by atoms with van der Waals surface area (Å²) >= 11 is 0. The number of carboxylic acids is 1. The third-order valence-electron chi connectivity index (χ3n) is 3.13. The maximum absolute atomic E-state index is 11.9. The molecule has 0 aliphatic heterocycles. The van der Waals surface area contributed by atoms with Crippen molar-refractivity contribution < 1.29 is 19.4 Å². The normalized spacial score (nSPS) is 12.2. The first-order chi connectivity index (χ1) is 9.45. The second-order valence-electron chi connectivity index (χ2n) is 5.03. The first kappa shape index (κ1) is 16.2. The van der Waals surface area contributed by atoms with Crippen molar-refractivity contribution in [2.24, 2.45) is 11.8 Å². The van der Waals surface area contributed by atoms with Gasteiger partial charge in [0, 0.05) is 19.2 Å². The van der Waals surface area contributed by atoms with Gasteiger partial charge >= 0.3 is 5.97 Å². The number of carbonyl (C=O) groups excluding carboxylic acids is 1. The minimum atomic E-state index is -0.893. The molecule has 5 nitrogen and oxygen atoms in total. The predicted octanol–water partition coefficient (Wildman–Crippen LogP) is 1.92. The fourth-order valence-corrected chi connectivity index (χ4v) is 1.83. The monoisotopic (exact) mass is 279 g/mol. The summed E-state index contributed by atoms with van der Waals surface area (Å²) < 4.78 is 4.99. The highest BCUT2D eigenvalue weighted by atomic mass is 16.5. The molecule has 2 N–H and O–H groups in total. The van der Waals surface area contributed by atoms with E-state index in [-0.39, 0.29) is 18.4 Å². The number of hydrogen-bond donors (Lipinski definition) is 2. The van der Waals surface area contributed by atoms with Crippen molar-refractivity contribution in [3.63, 3.8) is 0 Å². The van der Waals surface area contributed by atoms with Crippen LogP contribution in [0.15, 0.2) is 24.3 Å². The molecule has 1 aromatic rings. The zero-order valence-electron chi connectivity index (χ0n) is 12.1. The van der Waals surface area contributed by atoms with Crippen LogP contribution in [0.2, 0.25) is 0 Å². The number of nitrogens with one attached hydrogen (secondary N) is 1. The maximum Gasteiger partial charge on any atom is 0.308 e. The molecule has 110 valence electrons. The standard InChI is InChI=1S/C15H21NO4/c1-10(2)13(15(18)19)8-16-14(17)12-6-4-11(5-7-12)9-20-3/h4-7,10,13H,8-9H2,1-3H3,(H,16,17)(H,18,19). The molecule has 0 aliphatic carbocycles. The molecular formula is C15H21NO4. The summed E-state index contributed by atoms with van der Waals surface area (Å²) in [7, 11) is 1.61. The van der Waals surface area contributed by atoms with Gasteiger partial charge in [-0.25, -0.2) is 0 Å². The molecule has 1 atom stereocenters. The molecule has 0 aliphatic rings.